The topological polar surface area (TPSA) is 74.8 Å². The standard InChI is InChI=1S/C20H32N2O4S/c1-13(2)21(4)18(24)9-10-27-17-11-19(25)22(20(17)26)12-15-5-7-16(8-6-15)14(3)23/h13,15-17H,5-12H2,1-4H3. The van der Waals surface area contributed by atoms with Crippen molar-refractivity contribution in [3.63, 3.8) is 0 Å². The minimum absolute atomic E-state index is 0.0633. The van der Waals surface area contributed by atoms with E-state index in [4.69, 9.17) is 0 Å². The number of thioether (sulfide) groups is 1. The Bertz CT molecular complexity index is 585. The van der Waals surface area contributed by atoms with E-state index in [0.29, 0.717) is 24.6 Å². The van der Waals surface area contributed by atoms with E-state index < -0.39 is 0 Å². The van der Waals surface area contributed by atoms with Gasteiger partial charge in [0.15, 0.2) is 0 Å². The Hall–Kier alpha value is -1.37. The summed E-state index contributed by atoms with van der Waals surface area (Å²) in [6, 6.07) is 0.158. The Morgan fingerprint density at radius 3 is 2.37 bits per heavy atom. The van der Waals surface area contributed by atoms with Gasteiger partial charge in [0.2, 0.25) is 17.7 Å². The first kappa shape index (κ1) is 21.9. The van der Waals surface area contributed by atoms with Crippen LogP contribution in [0.15, 0.2) is 0 Å². The lowest BCUT2D eigenvalue weighted by Gasteiger charge is -2.29. The normalized spacial score (nSPS) is 26.0. The molecular formula is C20H32N2O4S. The molecule has 0 spiro atoms. The van der Waals surface area contributed by atoms with Gasteiger partial charge in [0.05, 0.1) is 5.25 Å². The second kappa shape index (κ2) is 9.71. The van der Waals surface area contributed by atoms with Crippen LogP contribution in [-0.2, 0) is 19.2 Å². The number of rotatable bonds is 8. The number of amides is 3. The fourth-order valence-corrected chi connectivity index (χ4v) is 4.84. The fourth-order valence-electron chi connectivity index (χ4n) is 3.74. The van der Waals surface area contributed by atoms with Gasteiger partial charge in [-0.05, 0) is 52.4 Å². The van der Waals surface area contributed by atoms with Crippen LogP contribution in [0.3, 0.4) is 0 Å². The van der Waals surface area contributed by atoms with Gasteiger partial charge >= 0.3 is 0 Å². The van der Waals surface area contributed by atoms with Crippen molar-refractivity contribution in [1.82, 2.24) is 9.80 Å². The van der Waals surface area contributed by atoms with Gasteiger partial charge in [-0.3, -0.25) is 24.1 Å². The first-order valence-electron chi connectivity index (χ1n) is 9.92. The van der Waals surface area contributed by atoms with Crippen LogP contribution in [0.5, 0.6) is 0 Å². The van der Waals surface area contributed by atoms with Crippen LogP contribution < -0.4 is 0 Å². The predicted octanol–water partition coefficient (Wildman–Crippen LogP) is 2.50. The maximum atomic E-state index is 12.6. The van der Waals surface area contributed by atoms with Crippen molar-refractivity contribution < 1.29 is 19.2 Å². The van der Waals surface area contributed by atoms with E-state index in [1.165, 1.54) is 16.7 Å². The van der Waals surface area contributed by atoms with E-state index in [1.807, 2.05) is 13.8 Å². The molecular weight excluding hydrogens is 364 g/mol. The SMILES string of the molecule is CC(=O)C1CCC(CN2C(=O)CC(SCCC(=O)N(C)C(C)C)C2=O)CC1. The average Bonchev–Trinajstić information content (AvgIpc) is 2.89. The third-order valence-electron chi connectivity index (χ3n) is 5.87. The molecule has 1 unspecified atom stereocenters. The van der Waals surface area contributed by atoms with Crippen LogP contribution in [-0.4, -0.2) is 63.9 Å². The number of carbonyl (C=O) groups excluding carboxylic acids is 4. The number of hydrogen-bond acceptors (Lipinski definition) is 5. The number of carbonyl (C=O) groups is 4. The summed E-state index contributed by atoms with van der Waals surface area (Å²) in [5, 5.41) is -0.358. The Kier molecular flexibility index (Phi) is 7.89. The fraction of sp³-hybridized carbons (Fsp3) is 0.800. The molecule has 152 valence electrons. The summed E-state index contributed by atoms with van der Waals surface area (Å²) in [5.41, 5.74) is 0. The highest BCUT2D eigenvalue weighted by molar-refractivity contribution is 8.00. The number of Topliss-reactive ketones (excluding diaryl/α,β-unsaturated/α-hetero) is 1. The Morgan fingerprint density at radius 2 is 1.81 bits per heavy atom. The molecule has 3 amide bonds. The van der Waals surface area contributed by atoms with E-state index in [0.717, 1.165) is 25.7 Å². The summed E-state index contributed by atoms with van der Waals surface area (Å²) < 4.78 is 0. The van der Waals surface area contributed by atoms with E-state index in [-0.39, 0.29) is 47.1 Å². The summed E-state index contributed by atoms with van der Waals surface area (Å²) in [6.07, 6.45) is 4.14. The van der Waals surface area contributed by atoms with Gasteiger partial charge in [0.1, 0.15) is 5.78 Å². The lowest BCUT2D eigenvalue weighted by Crippen LogP contribution is -2.37. The number of ketones is 1. The van der Waals surface area contributed by atoms with Crippen LogP contribution in [0.4, 0.5) is 0 Å². The largest absolute Gasteiger partial charge is 0.343 e. The molecule has 1 heterocycles. The van der Waals surface area contributed by atoms with Crippen LogP contribution in [0.2, 0.25) is 0 Å². The first-order chi connectivity index (χ1) is 12.7. The monoisotopic (exact) mass is 396 g/mol. The number of hydrogen-bond donors (Lipinski definition) is 0. The van der Waals surface area contributed by atoms with Crippen LogP contribution in [0.25, 0.3) is 0 Å². The molecule has 0 aromatic rings. The molecule has 0 aromatic carbocycles. The Balaban J connectivity index is 1.78. The van der Waals surface area contributed by atoms with Crippen molar-refractivity contribution >= 4 is 35.3 Å². The molecule has 2 rings (SSSR count). The summed E-state index contributed by atoms with van der Waals surface area (Å²) in [7, 11) is 1.78. The molecule has 27 heavy (non-hydrogen) atoms. The highest BCUT2D eigenvalue weighted by Crippen LogP contribution is 2.32. The molecule has 1 aliphatic carbocycles. The average molecular weight is 397 g/mol. The lowest BCUT2D eigenvalue weighted by molar-refractivity contribution is -0.139. The maximum Gasteiger partial charge on any atom is 0.242 e. The number of likely N-dealkylation sites (tertiary alicyclic amines) is 1. The zero-order valence-corrected chi connectivity index (χ0v) is 17.7. The van der Waals surface area contributed by atoms with Crippen molar-refractivity contribution in [2.75, 3.05) is 19.3 Å². The van der Waals surface area contributed by atoms with Crippen molar-refractivity contribution in [2.45, 2.75) is 70.6 Å². The molecule has 1 aliphatic heterocycles. The summed E-state index contributed by atoms with van der Waals surface area (Å²) in [5.74, 6) is 1.11. The van der Waals surface area contributed by atoms with Gasteiger partial charge < -0.3 is 4.90 Å². The summed E-state index contributed by atoms with van der Waals surface area (Å²) >= 11 is 1.42. The maximum absolute atomic E-state index is 12.6. The molecule has 6 nitrogen and oxygen atoms in total. The zero-order valence-electron chi connectivity index (χ0n) is 16.9. The summed E-state index contributed by atoms with van der Waals surface area (Å²) in [4.78, 5) is 51.5. The second-order valence-electron chi connectivity index (χ2n) is 8.08. The van der Waals surface area contributed by atoms with Crippen LogP contribution >= 0.6 is 11.8 Å². The lowest BCUT2D eigenvalue weighted by atomic mass is 9.80. The minimum atomic E-state index is -0.358. The van der Waals surface area contributed by atoms with Gasteiger partial charge in [-0.2, -0.15) is 0 Å². The Morgan fingerprint density at radius 1 is 1.19 bits per heavy atom. The van der Waals surface area contributed by atoms with E-state index >= 15 is 0 Å². The van der Waals surface area contributed by atoms with Crippen molar-refractivity contribution in [1.29, 1.82) is 0 Å². The van der Waals surface area contributed by atoms with Crippen LogP contribution in [0.1, 0.15) is 59.3 Å². The predicted molar refractivity (Wildman–Crippen MR) is 106 cm³/mol. The molecule has 2 fully saturated rings. The number of nitrogens with zero attached hydrogens (tertiary/aromatic N) is 2. The van der Waals surface area contributed by atoms with Crippen molar-refractivity contribution in [3.8, 4) is 0 Å². The molecule has 0 bridgehead atoms. The summed E-state index contributed by atoms with van der Waals surface area (Å²) in [6.45, 7) is 6.05. The van der Waals surface area contributed by atoms with Gasteiger partial charge in [0, 0.05) is 44.1 Å². The Labute approximate surface area is 166 Å². The van der Waals surface area contributed by atoms with E-state index in [9.17, 15) is 19.2 Å². The third-order valence-corrected chi connectivity index (χ3v) is 7.08. The molecule has 1 saturated heterocycles. The van der Waals surface area contributed by atoms with E-state index in [2.05, 4.69) is 0 Å². The molecule has 0 N–H and O–H groups in total. The van der Waals surface area contributed by atoms with Gasteiger partial charge in [0.25, 0.3) is 0 Å². The van der Waals surface area contributed by atoms with Gasteiger partial charge in [-0.15, -0.1) is 11.8 Å². The van der Waals surface area contributed by atoms with E-state index in [1.54, 1.807) is 18.9 Å². The molecule has 0 radical (unpaired) electrons. The highest BCUT2D eigenvalue weighted by atomic mass is 32.2. The number of imide groups is 1. The minimum Gasteiger partial charge on any atom is -0.343 e. The van der Waals surface area contributed by atoms with Gasteiger partial charge in [-0.1, -0.05) is 0 Å². The first-order valence-corrected chi connectivity index (χ1v) is 11.0. The highest BCUT2D eigenvalue weighted by Gasteiger charge is 2.40. The van der Waals surface area contributed by atoms with Crippen molar-refractivity contribution in [3.05, 3.63) is 0 Å². The smallest absolute Gasteiger partial charge is 0.242 e. The van der Waals surface area contributed by atoms with Crippen molar-refractivity contribution in [2.24, 2.45) is 11.8 Å². The quantitative estimate of drug-likeness (QED) is 0.589. The molecule has 1 saturated carbocycles. The molecule has 7 heteroatoms. The third kappa shape index (κ3) is 5.80. The van der Waals surface area contributed by atoms with Crippen LogP contribution in [0, 0.1) is 11.8 Å². The molecule has 0 aromatic heterocycles. The molecule has 1 atom stereocenters. The zero-order chi connectivity index (χ0) is 20.1. The van der Waals surface area contributed by atoms with Gasteiger partial charge in [-0.25, -0.2) is 0 Å². The second-order valence-corrected chi connectivity index (χ2v) is 9.39. The molecule has 2 aliphatic rings.